The van der Waals surface area contributed by atoms with Gasteiger partial charge in [-0.1, -0.05) is 55.8 Å². The standard InChI is InChI=1S/C28H34N2O4S/c1-20(2)26-8-6-7-9-27(26)34-17-16-29-28(31)19-30(24-13-12-22(4)23(5)18-24)35(32,33)25-14-10-21(3)11-15-25/h6-15,18,20H,16-17,19H2,1-5H3,(H,29,31). The van der Waals surface area contributed by atoms with Crippen LogP contribution in [0.5, 0.6) is 5.75 Å². The lowest BCUT2D eigenvalue weighted by molar-refractivity contribution is -0.119. The number of carbonyl (C=O) groups excluding carboxylic acids is 1. The smallest absolute Gasteiger partial charge is 0.264 e. The highest BCUT2D eigenvalue weighted by molar-refractivity contribution is 7.92. The van der Waals surface area contributed by atoms with E-state index in [0.29, 0.717) is 11.6 Å². The zero-order valence-corrected chi connectivity index (χ0v) is 21.9. The first-order valence-electron chi connectivity index (χ1n) is 11.7. The molecule has 0 aliphatic heterocycles. The molecule has 3 aromatic rings. The van der Waals surface area contributed by atoms with Crippen LogP contribution >= 0.6 is 0 Å². The summed E-state index contributed by atoms with van der Waals surface area (Å²) in [6, 6.07) is 19.8. The van der Waals surface area contributed by atoms with Gasteiger partial charge in [0.1, 0.15) is 18.9 Å². The van der Waals surface area contributed by atoms with Crippen LogP contribution < -0.4 is 14.4 Å². The minimum absolute atomic E-state index is 0.141. The van der Waals surface area contributed by atoms with E-state index >= 15 is 0 Å². The first-order valence-corrected chi connectivity index (χ1v) is 13.2. The quantitative estimate of drug-likeness (QED) is 0.397. The minimum Gasteiger partial charge on any atom is -0.491 e. The lowest BCUT2D eigenvalue weighted by atomic mass is 10.0. The average molecular weight is 495 g/mol. The Balaban J connectivity index is 1.73. The van der Waals surface area contributed by atoms with E-state index in [4.69, 9.17) is 4.74 Å². The number of benzene rings is 3. The maximum Gasteiger partial charge on any atom is 0.264 e. The van der Waals surface area contributed by atoms with Gasteiger partial charge in [-0.2, -0.15) is 0 Å². The summed E-state index contributed by atoms with van der Waals surface area (Å²) in [6.45, 7) is 10.2. The number of nitrogens with one attached hydrogen (secondary N) is 1. The summed E-state index contributed by atoms with van der Waals surface area (Å²) < 4.78 is 34.1. The van der Waals surface area contributed by atoms with Gasteiger partial charge in [-0.3, -0.25) is 9.10 Å². The van der Waals surface area contributed by atoms with Crippen molar-refractivity contribution in [2.24, 2.45) is 0 Å². The van der Waals surface area contributed by atoms with Gasteiger partial charge in [-0.15, -0.1) is 0 Å². The second kappa shape index (κ2) is 11.4. The molecule has 0 unspecified atom stereocenters. The van der Waals surface area contributed by atoms with Gasteiger partial charge >= 0.3 is 0 Å². The van der Waals surface area contributed by atoms with E-state index in [0.717, 1.165) is 32.3 Å². The van der Waals surface area contributed by atoms with Gasteiger partial charge in [0.25, 0.3) is 10.0 Å². The van der Waals surface area contributed by atoms with E-state index in [1.54, 1.807) is 36.4 Å². The number of hydrogen-bond acceptors (Lipinski definition) is 4. The predicted octanol–water partition coefficient (Wildman–Crippen LogP) is 5.13. The Morgan fingerprint density at radius 2 is 1.63 bits per heavy atom. The molecule has 6 nitrogen and oxygen atoms in total. The molecule has 0 aliphatic carbocycles. The van der Waals surface area contributed by atoms with Gasteiger partial charge in [-0.25, -0.2) is 8.42 Å². The van der Waals surface area contributed by atoms with Crippen molar-refractivity contribution < 1.29 is 17.9 Å². The van der Waals surface area contributed by atoms with Gasteiger partial charge in [0.15, 0.2) is 0 Å². The van der Waals surface area contributed by atoms with Crippen LogP contribution in [-0.4, -0.2) is 34.0 Å². The van der Waals surface area contributed by atoms with Crippen LogP contribution in [0.4, 0.5) is 5.69 Å². The van der Waals surface area contributed by atoms with Crippen molar-refractivity contribution in [2.75, 3.05) is 24.0 Å². The second-order valence-corrected chi connectivity index (χ2v) is 10.8. The molecule has 3 aromatic carbocycles. The molecule has 0 atom stereocenters. The van der Waals surface area contributed by atoms with Gasteiger partial charge in [0.2, 0.25) is 5.91 Å². The molecule has 0 saturated heterocycles. The molecule has 35 heavy (non-hydrogen) atoms. The van der Waals surface area contributed by atoms with Crippen LogP contribution in [0.2, 0.25) is 0 Å². The Bertz CT molecular complexity index is 1270. The van der Waals surface area contributed by atoms with Crippen molar-refractivity contribution in [2.45, 2.75) is 45.4 Å². The van der Waals surface area contributed by atoms with Gasteiger partial charge < -0.3 is 10.1 Å². The Morgan fingerprint density at radius 3 is 2.29 bits per heavy atom. The fourth-order valence-electron chi connectivity index (χ4n) is 3.66. The molecule has 186 valence electrons. The molecular formula is C28H34N2O4S. The number of sulfonamides is 1. The summed E-state index contributed by atoms with van der Waals surface area (Å²) in [5, 5.41) is 2.79. The number of hydrogen-bond donors (Lipinski definition) is 1. The van der Waals surface area contributed by atoms with Crippen molar-refractivity contribution >= 4 is 21.6 Å². The molecule has 0 bridgehead atoms. The first kappa shape index (κ1) is 26.3. The van der Waals surface area contributed by atoms with E-state index in [-0.39, 0.29) is 24.6 Å². The van der Waals surface area contributed by atoms with Crippen molar-refractivity contribution in [1.29, 1.82) is 0 Å². The molecule has 0 fully saturated rings. The Hall–Kier alpha value is -3.32. The summed E-state index contributed by atoms with van der Waals surface area (Å²) in [5.41, 5.74) is 4.50. The van der Waals surface area contributed by atoms with E-state index < -0.39 is 15.9 Å². The second-order valence-electron chi connectivity index (χ2n) is 8.98. The topological polar surface area (TPSA) is 75.7 Å². The Labute approximate surface area is 209 Å². The van der Waals surface area contributed by atoms with E-state index in [9.17, 15) is 13.2 Å². The third-order valence-corrected chi connectivity index (χ3v) is 7.69. The van der Waals surface area contributed by atoms with E-state index in [2.05, 4.69) is 19.2 Å². The molecule has 0 spiro atoms. The monoisotopic (exact) mass is 494 g/mol. The molecule has 7 heteroatoms. The SMILES string of the molecule is Cc1ccc(S(=O)(=O)N(CC(=O)NCCOc2ccccc2C(C)C)c2ccc(C)c(C)c2)cc1. The highest BCUT2D eigenvalue weighted by atomic mass is 32.2. The van der Waals surface area contributed by atoms with Crippen LogP contribution in [0.25, 0.3) is 0 Å². The van der Waals surface area contributed by atoms with Crippen LogP contribution in [0.1, 0.15) is 42.0 Å². The number of nitrogens with zero attached hydrogens (tertiary/aromatic N) is 1. The number of aryl methyl sites for hydroxylation is 3. The van der Waals surface area contributed by atoms with Gasteiger partial charge in [0.05, 0.1) is 17.1 Å². The molecule has 0 aromatic heterocycles. The summed E-state index contributed by atoms with van der Waals surface area (Å²) in [4.78, 5) is 13.0. The van der Waals surface area contributed by atoms with Gasteiger partial charge in [0, 0.05) is 0 Å². The average Bonchev–Trinajstić information content (AvgIpc) is 2.82. The van der Waals surface area contributed by atoms with Crippen LogP contribution in [0.3, 0.4) is 0 Å². The van der Waals surface area contributed by atoms with Crippen molar-refractivity contribution in [3.05, 3.63) is 89.0 Å². The summed E-state index contributed by atoms with van der Waals surface area (Å²) >= 11 is 0. The van der Waals surface area contributed by atoms with Crippen LogP contribution in [0, 0.1) is 20.8 Å². The van der Waals surface area contributed by atoms with Crippen LogP contribution in [-0.2, 0) is 14.8 Å². The Morgan fingerprint density at radius 1 is 0.943 bits per heavy atom. The summed E-state index contributed by atoms with van der Waals surface area (Å²) in [7, 11) is -3.94. The third-order valence-electron chi connectivity index (χ3n) is 5.90. The first-order chi connectivity index (χ1) is 16.6. The lowest BCUT2D eigenvalue weighted by Crippen LogP contribution is -2.42. The zero-order chi connectivity index (χ0) is 25.6. The molecule has 0 saturated carbocycles. The maximum atomic E-state index is 13.5. The largest absolute Gasteiger partial charge is 0.491 e. The van der Waals surface area contributed by atoms with Crippen molar-refractivity contribution in [3.63, 3.8) is 0 Å². The van der Waals surface area contributed by atoms with E-state index in [1.807, 2.05) is 51.1 Å². The lowest BCUT2D eigenvalue weighted by Gasteiger charge is -2.25. The molecule has 0 radical (unpaired) electrons. The Kier molecular flexibility index (Phi) is 8.57. The summed E-state index contributed by atoms with van der Waals surface area (Å²) in [5.74, 6) is 0.703. The highest BCUT2D eigenvalue weighted by Gasteiger charge is 2.27. The number of para-hydroxylation sites is 1. The minimum atomic E-state index is -3.94. The molecular weight excluding hydrogens is 460 g/mol. The number of anilines is 1. The maximum absolute atomic E-state index is 13.5. The fraction of sp³-hybridized carbons (Fsp3) is 0.321. The molecule has 3 rings (SSSR count). The van der Waals surface area contributed by atoms with Crippen LogP contribution in [0.15, 0.2) is 71.6 Å². The van der Waals surface area contributed by atoms with Gasteiger partial charge in [-0.05, 0) is 73.7 Å². The fourth-order valence-corrected chi connectivity index (χ4v) is 5.07. The summed E-state index contributed by atoms with van der Waals surface area (Å²) in [6.07, 6.45) is 0. The number of carbonyl (C=O) groups is 1. The number of rotatable bonds is 10. The molecule has 1 amide bonds. The molecule has 0 heterocycles. The number of amides is 1. The van der Waals surface area contributed by atoms with Crippen molar-refractivity contribution in [1.82, 2.24) is 5.32 Å². The predicted molar refractivity (Wildman–Crippen MR) is 141 cm³/mol. The van der Waals surface area contributed by atoms with E-state index in [1.165, 1.54) is 0 Å². The molecule has 1 N–H and O–H groups in total. The normalized spacial score (nSPS) is 11.4. The third kappa shape index (κ3) is 6.63. The highest BCUT2D eigenvalue weighted by Crippen LogP contribution is 2.27. The van der Waals surface area contributed by atoms with Crippen molar-refractivity contribution in [3.8, 4) is 5.75 Å². The number of ether oxygens (including phenoxy) is 1. The molecule has 0 aliphatic rings. The zero-order valence-electron chi connectivity index (χ0n) is 21.0.